The van der Waals surface area contributed by atoms with E-state index in [0.717, 1.165) is 18.8 Å². The Labute approximate surface area is 125 Å². The summed E-state index contributed by atoms with van der Waals surface area (Å²) in [6, 6.07) is 7.16. The predicted octanol–water partition coefficient (Wildman–Crippen LogP) is 1.62. The first-order chi connectivity index (χ1) is 9.89. The lowest BCUT2D eigenvalue weighted by Crippen LogP contribution is -2.54. The van der Waals surface area contributed by atoms with Gasteiger partial charge in [0.05, 0.1) is 5.60 Å². The largest absolute Gasteiger partial charge is 0.508 e. The SMILES string of the molecule is CC(C)(C)ON(C=O)N1CCN(c2ccc(O)cc2)CC1. The lowest BCUT2D eigenvalue weighted by Gasteiger charge is -2.41. The smallest absolute Gasteiger partial charge is 0.249 e. The second-order valence-electron chi connectivity index (χ2n) is 6.07. The molecule has 0 atom stereocenters. The van der Waals surface area contributed by atoms with Gasteiger partial charge in [0, 0.05) is 31.9 Å². The van der Waals surface area contributed by atoms with Crippen LogP contribution in [-0.2, 0) is 9.63 Å². The van der Waals surface area contributed by atoms with E-state index in [1.54, 1.807) is 12.1 Å². The number of carbonyl (C=O) groups is 1. The van der Waals surface area contributed by atoms with Crippen molar-refractivity contribution in [2.75, 3.05) is 31.1 Å². The number of piperazine rings is 1. The Hall–Kier alpha value is -1.79. The average molecular weight is 293 g/mol. The zero-order valence-corrected chi connectivity index (χ0v) is 12.8. The van der Waals surface area contributed by atoms with Crippen molar-refractivity contribution < 1.29 is 14.7 Å². The van der Waals surface area contributed by atoms with Crippen molar-refractivity contribution >= 4 is 12.1 Å². The number of rotatable bonds is 4. The van der Waals surface area contributed by atoms with Gasteiger partial charge >= 0.3 is 0 Å². The Morgan fingerprint density at radius 2 is 1.71 bits per heavy atom. The summed E-state index contributed by atoms with van der Waals surface area (Å²) in [5, 5.41) is 12.5. The minimum absolute atomic E-state index is 0.267. The van der Waals surface area contributed by atoms with Crippen LogP contribution in [0.25, 0.3) is 0 Å². The van der Waals surface area contributed by atoms with Crippen LogP contribution in [0.15, 0.2) is 24.3 Å². The third-order valence-corrected chi connectivity index (χ3v) is 3.21. The molecule has 6 nitrogen and oxygen atoms in total. The van der Waals surface area contributed by atoms with Crippen molar-refractivity contribution in [3.8, 4) is 5.75 Å². The number of phenols is 1. The first-order valence-electron chi connectivity index (χ1n) is 7.11. The van der Waals surface area contributed by atoms with Gasteiger partial charge in [-0.3, -0.25) is 4.79 Å². The highest BCUT2D eigenvalue weighted by Gasteiger charge is 2.25. The van der Waals surface area contributed by atoms with Gasteiger partial charge in [0.25, 0.3) is 0 Å². The lowest BCUT2D eigenvalue weighted by atomic mass is 10.2. The molecule has 0 radical (unpaired) electrons. The molecule has 1 heterocycles. The van der Waals surface area contributed by atoms with Crippen molar-refractivity contribution in [2.45, 2.75) is 26.4 Å². The summed E-state index contributed by atoms with van der Waals surface area (Å²) in [7, 11) is 0. The summed E-state index contributed by atoms with van der Waals surface area (Å²) in [6.07, 6.45) is 0.710. The van der Waals surface area contributed by atoms with Crippen molar-refractivity contribution in [3.63, 3.8) is 0 Å². The quantitative estimate of drug-likeness (QED) is 0.675. The van der Waals surface area contributed by atoms with Crippen molar-refractivity contribution in [3.05, 3.63) is 24.3 Å². The predicted molar refractivity (Wildman–Crippen MR) is 80.6 cm³/mol. The third kappa shape index (κ3) is 4.34. The second-order valence-corrected chi connectivity index (χ2v) is 6.07. The number of phenolic OH excluding ortho intramolecular Hbond substituents is 1. The first-order valence-corrected chi connectivity index (χ1v) is 7.11. The van der Waals surface area contributed by atoms with Gasteiger partial charge in [-0.25, -0.2) is 4.84 Å². The van der Waals surface area contributed by atoms with Gasteiger partial charge in [-0.2, -0.15) is 5.01 Å². The van der Waals surface area contributed by atoms with Gasteiger partial charge in [-0.15, -0.1) is 5.17 Å². The summed E-state index contributed by atoms with van der Waals surface area (Å²) in [5.74, 6) is 0.267. The third-order valence-electron chi connectivity index (χ3n) is 3.21. The molecule has 1 aliphatic heterocycles. The molecule has 0 bridgehead atoms. The number of aromatic hydroxyl groups is 1. The number of anilines is 1. The Balaban J connectivity index is 1.93. The Kier molecular flexibility index (Phi) is 4.69. The minimum atomic E-state index is -0.408. The van der Waals surface area contributed by atoms with E-state index >= 15 is 0 Å². The summed E-state index contributed by atoms with van der Waals surface area (Å²) >= 11 is 0. The molecule has 6 heteroatoms. The molecule has 1 N–H and O–H groups in total. The maximum absolute atomic E-state index is 11.2. The standard InChI is InChI=1S/C15H23N3O3/c1-15(2,3)21-18(12-19)17-10-8-16(9-11-17)13-4-6-14(20)7-5-13/h4-7,12,20H,8-11H2,1-3H3. The molecule has 0 unspecified atom stereocenters. The van der Waals surface area contributed by atoms with Crippen LogP contribution < -0.4 is 4.90 Å². The fourth-order valence-electron chi connectivity index (χ4n) is 2.24. The molecule has 1 aromatic carbocycles. The normalized spacial score (nSPS) is 16.8. The van der Waals surface area contributed by atoms with Crippen LogP contribution in [0.5, 0.6) is 5.75 Å². The number of carbonyl (C=O) groups excluding carboxylic acids is 1. The zero-order valence-electron chi connectivity index (χ0n) is 12.8. The number of hydrazine groups is 1. The number of nitrogens with zero attached hydrogens (tertiary/aromatic N) is 3. The van der Waals surface area contributed by atoms with Gasteiger partial charge in [0.2, 0.25) is 6.41 Å². The molecule has 0 saturated carbocycles. The highest BCUT2D eigenvalue weighted by Crippen LogP contribution is 2.20. The topological polar surface area (TPSA) is 56.2 Å². The molecular weight excluding hydrogens is 270 g/mol. The first kappa shape index (κ1) is 15.6. The van der Waals surface area contributed by atoms with E-state index in [1.807, 2.05) is 37.9 Å². The molecule has 0 aliphatic carbocycles. The number of benzene rings is 1. The number of hydroxylamine groups is 1. The maximum Gasteiger partial charge on any atom is 0.249 e. The van der Waals surface area contributed by atoms with Gasteiger partial charge < -0.3 is 10.0 Å². The van der Waals surface area contributed by atoms with Gasteiger partial charge in [-0.05, 0) is 45.0 Å². The van der Waals surface area contributed by atoms with Crippen molar-refractivity contribution in [1.29, 1.82) is 0 Å². The average Bonchev–Trinajstić information content (AvgIpc) is 2.45. The summed E-state index contributed by atoms with van der Waals surface area (Å²) in [6.45, 7) is 8.74. The molecule has 1 saturated heterocycles. The van der Waals surface area contributed by atoms with Crippen LogP contribution in [0, 0.1) is 0 Å². The van der Waals surface area contributed by atoms with Crippen LogP contribution in [0.4, 0.5) is 5.69 Å². The monoisotopic (exact) mass is 293 g/mol. The number of hydrogen-bond donors (Lipinski definition) is 1. The van der Waals surface area contributed by atoms with Gasteiger partial charge in [-0.1, -0.05) is 0 Å². The van der Waals surface area contributed by atoms with E-state index in [2.05, 4.69) is 4.90 Å². The van der Waals surface area contributed by atoms with E-state index in [9.17, 15) is 9.90 Å². The number of amides is 1. The van der Waals surface area contributed by atoms with Crippen LogP contribution in [0.3, 0.4) is 0 Å². The van der Waals surface area contributed by atoms with Crippen LogP contribution >= 0.6 is 0 Å². The molecule has 1 aromatic rings. The summed E-state index contributed by atoms with van der Waals surface area (Å²) < 4.78 is 0. The molecule has 0 aromatic heterocycles. The van der Waals surface area contributed by atoms with Crippen LogP contribution in [0.1, 0.15) is 20.8 Å². The van der Waals surface area contributed by atoms with Gasteiger partial charge in [0.1, 0.15) is 5.75 Å². The second kappa shape index (κ2) is 6.32. The molecule has 116 valence electrons. The van der Waals surface area contributed by atoms with Crippen molar-refractivity contribution in [1.82, 2.24) is 10.2 Å². The lowest BCUT2D eigenvalue weighted by molar-refractivity contribution is -0.300. The van der Waals surface area contributed by atoms with E-state index in [0.29, 0.717) is 19.5 Å². The molecule has 2 rings (SSSR count). The maximum atomic E-state index is 11.2. The molecular formula is C15H23N3O3. The summed E-state index contributed by atoms with van der Waals surface area (Å²) in [5.41, 5.74) is 0.663. The Morgan fingerprint density at radius 1 is 1.14 bits per heavy atom. The highest BCUT2D eigenvalue weighted by molar-refractivity contribution is 5.49. The van der Waals surface area contributed by atoms with E-state index in [1.165, 1.54) is 5.17 Å². The molecule has 1 aliphatic rings. The molecule has 1 fully saturated rings. The van der Waals surface area contributed by atoms with Crippen LogP contribution in [0.2, 0.25) is 0 Å². The van der Waals surface area contributed by atoms with E-state index < -0.39 is 5.60 Å². The van der Waals surface area contributed by atoms with Crippen LogP contribution in [-0.4, -0.2) is 53.5 Å². The van der Waals surface area contributed by atoms with Crippen molar-refractivity contribution in [2.24, 2.45) is 0 Å². The molecule has 1 amide bonds. The minimum Gasteiger partial charge on any atom is -0.508 e. The Bertz CT molecular complexity index is 462. The van der Waals surface area contributed by atoms with E-state index in [-0.39, 0.29) is 5.75 Å². The zero-order chi connectivity index (χ0) is 15.5. The number of hydrogen-bond acceptors (Lipinski definition) is 5. The van der Waals surface area contributed by atoms with E-state index in [4.69, 9.17) is 4.84 Å². The Morgan fingerprint density at radius 3 is 2.19 bits per heavy atom. The van der Waals surface area contributed by atoms with Gasteiger partial charge in [0.15, 0.2) is 0 Å². The highest BCUT2D eigenvalue weighted by atomic mass is 16.7. The molecule has 0 spiro atoms. The summed E-state index contributed by atoms with van der Waals surface area (Å²) in [4.78, 5) is 19.0. The fourth-order valence-corrected chi connectivity index (χ4v) is 2.24. The fraction of sp³-hybridized carbons (Fsp3) is 0.533. The molecule has 21 heavy (non-hydrogen) atoms.